The predicted molar refractivity (Wildman–Crippen MR) is 54.7 cm³/mol. The zero-order valence-electron chi connectivity index (χ0n) is 9.03. The highest BCUT2D eigenvalue weighted by Crippen LogP contribution is 2.27. The number of aliphatic hydroxyl groups excluding tert-OH is 1. The number of rotatable bonds is 4. The number of carboxylic acid groups (broad SMARTS) is 1. The van der Waals surface area contributed by atoms with E-state index < -0.39 is 12.3 Å². The molecule has 3 N–H and O–H groups in total. The summed E-state index contributed by atoms with van der Waals surface area (Å²) in [5.74, 6) is -0.981. The molecule has 0 aliphatic rings. The van der Waals surface area contributed by atoms with Crippen molar-refractivity contribution in [3.05, 3.63) is 12.7 Å². The van der Waals surface area contributed by atoms with Gasteiger partial charge in [-0.05, 0) is 12.8 Å². The van der Waals surface area contributed by atoms with Crippen LogP contribution in [0.2, 0.25) is 0 Å². The first-order valence-corrected chi connectivity index (χ1v) is 4.55. The van der Waals surface area contributed by atoms with Gasteiger partial charge in [-0.2, -0.15) is 0 Å². The van der Waals surface area contributed by atoms with E-state index in [-0.39, 0.29) is 5.41 Å². The molecule has 0 fully saturated rings. The summed E-state index contributed by atoms with van der Waals surface area (Å²) in [6, 6.07) is 0. The Labute approximate surface area is 84.9 Å². The lowest BCUT2D eigenvalue weighted by molar-refractivity contribution is -0.131. The van der Waals surface area contributed by atoms with Gasteiger partial charge in [0.15, 0.2) is 6.29 Å². The van der Waals surface area contributed by atoms with Crippen LogP contribution in [0.15, 0.2) is 12.7 Å². The van der Waals surface area contributed by atoms with Crippen LogP contribution in [0.25, 0.3) is 0 Å². The summed E-state index contributed by atoms with van der Waals surface area (Å²) in [4.78, 5) is 9.25. The molecule has 0 atom stereocenters. The monoisotopic (exact) mass is 204 g/mol. The number of hydrogen-bond acceptors (Lipinski definition) is 3. The molecule has 0 aromatic heterocycles. The minimum atomic E-state index is -1.17. The van der Waals surface area contributed by atoms with Gasteiger partial charge in [-0.3, -0.25) is 0 Å². The molecule has 0 unspecified atom stereocenters. The highest BCUT2D eigenvalue weighted by Gasteiger charge is 2.26. The van der Waals surface area contributed by atoms with Crippen LogP contribution < -0.4 is 0 Å². The molecule has 4 nitrogen and oxygen atoms in total. The molecule has 0 bridgehead atoms. The van der Waals surface area contributed by atoms with Crippen LogP contribution in [-0.4, -0.2) is 27.6 Å². The third kappa shape index (κ3) is 6.62. The van der Waals surface area contributed by atoms with Crippen molar-refractivity contribution in [3.8, 4) is 0 Å². The van der Waals surface area contributed by atoms with E-state index in [4.69, 9.17) is 15.3 Å². The van der Waals surface area contributed by atoms with Crippen molar-refractivity contribution in [2.24, 2.45) is 5.41 Å². The zero-order valence-corrected chi connectivity index (χ0v) is 9.03. The molecule has 0 aromatic rings. The summed E-state index contributed by atoms with van der Waals surface area (Å²) in [5, 5.41) is 25.3. The number of hydrogen-bond donors (Lipinski definition) is 3. The summed E-state index contributed by atoms with van der Waals surface area (Å²) in [5.41, 5.74) is -0.306. The number of aliphatic carboxylic acids is 1. The quantitative estimate of drug-likeness (QED) is 0.477. The van der Waals surface area contributed by atoms with Gasteiger partial charge in [0.05, 0.1) is 0 Å². The van der Waals surface area contributed by atoms with Crippen LogP contribution in [0.3, 0.4) is 0 Å². The molecule has 0 saturated heterocycles. The fourth-order valence-electron chi connectivity index (χ4n) is 0.615. The SMILES string of the molecule is C=CC(=O)O.CCC(C)(CC)C(O)O. The standard InChI is InChI=1S/C7H16O2.C3H4O2/c1-4-7(3,5-2)6(8)9;1-2-3(4)5/h6,8-9H,4-5H2,1-3H3;2H,1H2,(H,4,5). The van der Waals surface area contributed by atoms with Crippen molar-refractivity contribution in [1.82, 2.24) is 0 Å². The van der Waals surface area contributed by atoms with E-state index in [2.05, 4.69) is 6.58 Å². The first-order valence-electron chi connectivity index (χ1n) is 4.55. The van der Waals surface area contributed by atoms with Gasteiger partial charge in [0.25, 0.3) is 0 Å². The van der Waals surface area contributed by atoms with Gasteiger partial charge in [-0.25, -0.2) is 4.79 Å². The first kappa shape index (κ1) is 15.6. The van der Waals surface area contributed by atoms with Gasteiger partial charge in [-0.15, -0.1) is 0 Å². The summed E-state index contributed by atoms with van der Waals surface area (Å²) in [7, 11) is 0. The topological polar surface area (TPSA) is 77.8 Å². The molecule has 0 radical (unpaired) electrons. The molecule has 0 saturated carbocycles. The van der Waals surface area contributed by atoms with E-state index in [0.717, 1.165) is 18.9 Å². The normalized spacial score (nSPS) is 10.4. The van der Waals surface area contributed by atoms with Crippen LogP contribution >= 0.6 is 0 Å². The summed E-state index contributed by atoms with van der Waals surface area (Å²) in [6.45, 7) is 8.76. The maximum atomic E-state index is 9.25. The average Bonchev–Trinajstić information content (AvgIpc) is 2.17. The highest BCUT2D eigenvalue weighted by molar-refractivity contribution is 5.78. The smallest absolute Gasteiger partial charge is 0.327 e. The van der Waals surface area contributed by atoms with Crippen LogP contribution in [0.1, 0.15) is 33.6 Å². The molecule has 0 aliphatic heterocycles. The first-order chi connectivity index (χ1) is 6.33. The number of carboxylic acids is 1. The Morgan fingerprint density at radius 2 is 1.71 bits per heavy atom. The fourth-order valence-corrected chi connectivity index (χ4v) is 0.615. The molecule has 0 rings (SSSR count). The Kier molecular flexibility index (Phi) is 8.38. The predicted octanol–water partition coefficient (Wildman–Crippen LogP) is 1.38. The van der Waals surface area contributed by atoms with Crippen molar-refractivity contribution in [2.45, 2.75) is 39.9 Å². The molecule has 0 heterocycles. The van der Waals surface area contributed by atoms with Gasteiger partial charge in [0.1, 0.15) is 0 Å². The van der Waals surface area contributed by atoms with Gasteiger partial charge in [0, 0.05) is 11.5 Å². The second-order valence-electron chi connectivity index (χ2n) is 3.28. The molecule has 84 valence electrons. The third-order valence-corrected chi connectivity index (χ3v) is 2.41. The van der Waals surface area contributed by atoms with Gasteiger partial charge in [0.2, 0.25) is 0 Å². The summed E-state index contributed by atoms with van der Waals surface area (Å²) >= 11 is 0. The van der Waals surface area contributed by atoms with Crippen LogP contribution in [0.4, 0.5) is 0 Å². The minimum absolute atomic E-state index is 0.306. The van der Waals surface area contributed by atoms with E-state index in [1.807, 2.05) is 20.8 Å². The number of aliphatic hydroxyl groups is 2. The molecule has 0 aromatic carbocycles. The van der Waals surface area contributed by atoms with Crippen molar-refractivity contribution in [2.75, 3.05) is 0 Å². The van der Waals surface area contributed by atoms with Gasteiger partial charge >= 0.3 is 5.97 Å². The number of carbonyl (C=O) groups is 1. The lowest BCUT2D eigenvalue weighted by atomic mass is 9.84. The summed E-state index contributed by atoms with van der Waals surface area (Å²) in [6.07, 6.45) is 1.27. The van der Waals surface area contributed by atoms with Gasteiger partial charge in [-0.1, -0.05) is 27.4 Å². The third-order valence-electron chi connectivity index (χ3n) is 2.41. The Hall–Kier alpha value is -0.870. The van der Waals surface area contributed by atoms with E-state index >= 15 is 0 Å². The van der Waals surface area contributed by atoms with Crippen LogP contribution in [0.5, 0.6) is 0 Å². The van der Waals surface area contributed by atoms with Crippen molar-refractivity contribution < 1.29 is 20.1 Å². The highest BCUT2D eigenvalue weighted by atomic mass is 16.5. The van der Waals surface area contributed by atoms with E-state index in [1.54, 1.807) is 0 Å². The second kappa shape index (κ2) is 7.53. The van der Waals surface area contributed by atoms with Crippen molar-refractivity contribution >= 4 is 5.97 Å². The maximum Gasteiger partial charge on any atom is 0.327 e. The molecular formula is C10H20O4. The van der Waals surface area contributed by atoms with Crippen LogP contribution in [0, 0.1) is 5.41 Å². The van der Waals surface area contributed by atoms with E-state index in [1.165, 1.54) is 0 Å². The molecule has 4 heteroatoms. The molecular weight excluding hydrogens is 184 g/mol. The average molecular weight is 204 g/mol. The van der Waals surface area contributed by atoms with Crippen LogP contribution in [-0.2, 0) is 4.79 Å². The second-order valence-corrected chi connectivity index (χ2v) is 3.28. The molecule has 14 heavy (non-hydrogen) atoms. The van der Waals surface area contributed by atoms with E-state index in [9.17, 15) is 4.79 Å². The lowest BCUT2D eigenvalue weighted by Gasteiger charge is -2.28. The van der Waals surface area contributed by atoms with Crippen molar-refractivity contribution in [3.63, 3.8) is 0 Å². The fraction of sp³-hybridized carbons (Fsp3) is 0.700. The Morgan fingerprint density at radius 1 is 1.43 bits per heavy atom. The molecule has 0 amide bonds. The Bertz CT molecular complexity index is 171. The minimum Gasteiger partial charge on any atom is -0.478 e. The summed E-state index contributed by atoms with van der Waals surface area (Å²) < 4.78 is 0. The maximum absolute atomic E-state index is 9.25. The van der Waals surface area contributed by atoms with Gasteiger partial charge < -0.3 is 15.3 Å². The zero-order chi connectivity index (χ0) is 11.8. The lowest BCUT2D eigenvalue weighted by Crippen LogP contribution is -2.30. The van der Waals surface area contributed by atoms with Crippen molar-refractivity contribution in [1.29, 1.82) is 0 Å². The molecule has 0 spiro atoms. The largest absolute Gasteiger partial charge is 0.478 e. The Morgan fingerprint density at radius 3 is 1.71 bits per heavy atom. The Balaban J connectivity index is 0. The molecule has 0 aliphatic carbocycles. The van der Waals surface area contributed by atoms with E-state index in [0.29, 0.717) is 0 Å².